The minimum atomic E-state index is 0.302. The third kappa shape index (κ3) is 7.56. The van der Waals surface area contributed by atoms with E-state index in [2.05, 4.69) is 70.8 Å². The standard InChI is InChI=1S/C25H36N4O2/c1-19-16-29(17-20(2)31-19)18-23-7-5-22(6-8-23)15-28-25(26-3)27-14-13-21-9-11-24(30-4)12-10-21/h5-12,19-20H,13-18H2,1-4H3,(H2,26,27,28). The zero-order chi connectivity index (χ0) is 22.1. The number of rotatable bonds is 8. The van der Waals surface area contributed by atoms with Gasteiger partial charge in [-0.05, 0) is 49.1 Å². The molecule has 0 saturated carbocycles. The van der Waals surface area contributed by atoms with Gasteiger partial charge in [0.05, 0.1) is 19.3 Å². The highest BCUT2D eigenvalue weighted by Crippen LogP contribution is 2.15. The second kappa shape index (κ2) is 11.7. The van der Waals surface area contributed by atoms with E-state index < -0.39 is 0 Å². The summed E-state index contributed by atoms with van der Waals surface area (Å²) in [6.07, 6.45) is 1.53. The lowest BCUT2D eigenvalue weighted by Gasteiger charge is -2.35. The first-order chi connectivity index (χ1) is 15.1. The fourth-order valence-electron chi connectivity index (χ4n) is 3.96. The average molecular weight is 425 g/mol. The largest absolute Gasteiger partial charge is 0.497 e. The number of methoxy groups -OCH3 is 1. The van der Waals surface area contributed by atoms with Crippen LogP contribution in [0.25, 0.3) is 0 Å². The summed E-state index contributed by atoms with van der Waals surface area (Å²) in [7, 11) is 3.49. The van der Waals surface area contributed by atoms with E-state index in [9.17, 15) is 0 Å². The summed E-state index contributed by atoms with van der Waals surface area (Å²) in [6.45, 7) is 8.82. The maximum Gasteiger partial charge on any atom is 0.191 e. The Morgan fingerprint density at radius 1 is 0.968 bits per heavy atom. The van der Waals surface area contributed by atoms with Gasteiger partial charge in [-0.1, -0.05) is 36.4 Å². The molecule has 0 bridgehead atoms. The van der Waals surface area contributed by atoms with Gasteiger partial charge in [0.2, 0.25) is 0 Å². The van der Waals surface area contributed by atoms with Crippen LogP contribution in [0.2, 0.25) is 0 Å². The molecule has 0 spiro atoms. The molecular formula is C25H36N4O2. The van der Waals surface area contributed by atoms with Crippen molar-refractivity contribution in [1.29, 1.82) is 0 Å². The molecule has 0 radical (unpaired) electrons. The highest BCUT2D eigenvalue weighted by atomic mass is 16.5. The summed E-state index contributed by atoms with van der Waals surface area (Å²) >= 11 is 0. The van der Waals surface area contributed by atoms with Gasteiger partial charge >= 0.3 is 0 Å². The number of guanidine groups is 1. The molecule has 2 aromatic carbocycles. The van der Waals surface area contributed by atoms with Gasteiger partial charge in [-0.2, -0.15) is 0 Å². The summed E-state index contributed by atoms with van der Waals surface area (Å²) in [4.78, 5) is 6.80. The number of nitrogens with one attached hydrogen (secondary N) is 2. The topological polar surface area (TPSA) is 58.1 Å². The first-order valence-corrected chi connectivity index (χ1v) is 11.1. The van der Waals surface area contributed by atoms with Crippen LogP contribution >= 0.6 is 0 Å². The molecule has 6 nitrogen and oxygen atoms in total. The zero-order valence-corrected chi connectivity index (χ0v) is 19.2. The maximum atomic E-state index is 5.83. The van der Waals surface area contributed by atoms with Gasteiger partial charge in [0, 0.05) is 39.8 Å². The molecule has 3 rings (SSSR count). The minimum Gasteiger partial charge on any atom is -0.497 e. The third-order valence-corrected chi connectivity index (χ3v) is 5.47. The summed E-state index contributed by atoms with van der Waals surface area (Å²) < 4.78 is 11.0. The number of nitrogens with zero attached hydrogens (tertiary/aromatic N) is 2. The zero-order valence-electron chi connectivity index (χ0n) is 19.2. The van der Waals surface area contributed by atoms with Crippen molar-refractivity contribution >= 4 is 5.96 Å². The molecule has 1 heterocycles. The van der Waals surface area contributed by atoms with E-state index >= 15 is 0 Å². The van der Waals surface area contributed by atoms with E-state index in [0.29, 0.717) is 12.2 Å². The lowest BCUT2D eigenvalue weighted by atomic mass is 10.1. The Hall–Kier alpha value is -2.57. The number of aliphatic imine (C=N–C) groups is 1. The molecule has 0 amide bonds. The van der Waals surface area contributed by atoms with Crippen LogP contribution in [-0.4, -0.2) is 56.9 Å². The van der Waals surface area contributed by atoms with Crippen molar-refractivity contribution in [3.8, 4) is 5.75 Å². The molecule has 1 saturated heterocycles. The molecule has 2 N–H and O–H groups in total. The van der Waals surface area contributed by atoms with Crippen LogP contribution in [-0.2, 0) is 24.2 Å². The van der Waals surface area contributed by atoms with Crippen molar-refractivity contribution in [2.75, 3.05) is 33.8 Å². The summed E-state index contributed by atoms with van der Waals surface area (Å²) in [5, 5.41) is 6.77. The monoisotopic (exact) mass is 424 g/mol. The maximum absolute atomic E-state index is 5.83. The summed E-state index contributed by atoms with van der Waals surface area (Å²) in [5.41, 5.74) is 3.85. The SMILES string of the molecule is CN=C(NCCc1ccc(OC)cc1)NCc1ccc(CN2CC(C)OC(C)C2)cc1. The first kappa shape index (κ1) is 23.1. The van der Waals surface area contributed by atoms with Gasteiger partial charge in [-0.3, -0.25) is 9.89 Å². The molecule has 6 heteroatoms. The van der Waals surface area contributed by atoms with Crippen LogP contribution in [0.3, 0.4) is 0 Å². The molecule has 2 aromatic rings. The van der Waals surface area contributed by atoms with Crippen molar-refractivity contribution in [3.63, 3.8) is 0 Å². The molecule has 0 aromatic heterocycles. The number of ether oxygens (including phenoxy) is 2. The highest BCUT2D eigenvalue weighted by molar-refractivity contribution is 5.79. The predicted molar refractivity (Wildman–Crippen MR) is 127 cm³/mol. The van der Waals surface area contributed by atoms with Crippen LogP contribution in [0.4, 0.5) is 0 Å². The number of hydrogen-bond acceptors (Lipinski definition) is 4. The van der Waals surface area contributed by atoms with Gasteiger partial charge in [0.25, 0.3) is 0 Å². The molecular weight excluding hydrogens is 388 g/mol. The lowest BCUT2D eigenvalue weighted by Crippen LogP contribution is -2.44. The van der Waals surface area contributed by atoms with E-state index in [4.69, 9.17) is 9.47 Å². The molecule has 1 fully saturated rings. The van der Waals surface area contributed by atoms with Crippen molar-refractivity contribution in [2.24, 2.45) is 4.99 Å². The van der Waals surface area contributed by atoms with Gasteiger partial charge in [-0.15, -0.1) is 0 Å². The molecule has 2 atom stereocenters. The Kier molecular flexibility index (Phi) is 8.74. The molecule has 0 aliphatic carbocycles. The van der Waals surface area contributed by atoms with E-state index in [1.807, 2.05) is 12.1 Å². The Labute approximate surface area is 186 Å². The minimum absolute atomic E-state index is 0.302. The fraction of sp³-hybridized carbons (Fsp3) is 0.480. The van der Waals surface area contributed by atoms with Crippen molar-refractivity contribution in [3.05, 3.63) is 65.2 Å². The highest BCUT2D eigenvalue weighted by Gasteiger charge is 2.21. The van der Waals surface area contributed by atoms with Crippen LogP contribution in [0.5, 0.6) is 5.75 Å². The Morgan fingerprint density at radius 2 is 1.58 bits per heavy atom. The Morgan fingerprint density at radius 3 is 2.19 bits per heavy atom. The second-order valence-electron chi connectivity index (χ2n) is 8.22. The third-order valence-electron chi connectivity index (χ3n) is 5.47. The number of benzene rings is 2. The first-order valence-electron chi connectivity index (χ1n) is 11.1. The predicted octanol–water partition coefficient (Wildman–Crippen LogP) is 3.21. The Balaban J connectivity index is 1.40. The van der Waals surface area contributed by atoms with Crippen molar-refractivity contribution in [2.45, 2.75) is 45.6 Å². The quantitative estimate of drug-likeness (QED) is 0.503. The average Bonchev–Trinajstić information content (AvgIpc) is 2.77. The molecule has 2 unspecified atom stereocenters. The molecule has 168 valence electrons. The van der Waals surface area contributed by atoms with Crippen LogP contribution in [0, 0.1) is 0 Å². The van der Waals surface area contributed by atoms with Crippen LogP contribution in [0.1, 0.15) is 30.5 Å². The molecule has 31 heavy (non-hydrogen) atoms. The summed E-state index contributed by atoms with van der Waals surface area (Å²) in [5.74, 6) is 1.70. The van der Waals surface area contributed by atoms with E-state index in [-0.39, 0.29) is 0 Å². The van der Waals surface area contributed by atoms with Crippen LogP contribution < -0.4 is 15.4 Å². The van der Waals surface area contributed by atoms with Crippen LogP contribution in [0.15, 0.2) is 53.5 Å². The van der Waals surface area contributed by atoms with Crippen molar-refractivity contribution < 1.29 is 9.47 Å². The lowest BCUT2D eigenvalue weighted by molar-refractivity contribution is -0.0704. The Bertz CT molecular complexity index is 810. The van der Waals surface area contributed by atoms with Gasteiger partial charge in [-0.25, -0.2) is 0 Å². The number of hydrogen-bond donors (Lipinski definition) is 2. The summed E-state index contributed by atoms with van der Waals surface area (Å²) in [6, 6.07) is 17.0. The van der Waals surface area contributed by atoms with Gasteiger partial charge in [0.1, 0.15) is 5.75 Å². The fourth-order valence-corrected chi connectivity index (χ4v) is 3.96. The van der Waals surface area contributed by atoms with Gasteiger partial charge < -0.3 is 20.1 Å². The molecule has 1 aliphatic heterocycles. The second-order valence-corrected chi connectivity index (χ2v) is 8.22. The smallest absolute Gasteiger partial charge is 0.191 e. The van der Waals surface area contributed by atoms with E-state index in [1.54, 1.807) is 14.2 Å². The molecule has 1 aliphatic rings. The normalized spacial score (nSPS) is 19.8. The van der Waals surface area contributed by atoms with E-state index in [1.165, 1.54) is 16.7 Å². The van der Waals surface area contributed by atoms with Crippen molar-refractivity contribution in [1.82, 2.24) is 15.5 Å². The van der Waals surface area contributed by atoms with E-state index in [0.717, 1.165) is 50.9 Å². The number of morpholine rings is 1. The van der Waals surface area contributed by atoms with Gasteiger partial charge in [0.15, 0.2) is 5.96 Å².